The van der Waals surface area contributed by atoms with E-state index in [-0.39, 0.29) is 58.7 Å². The Bertz CT molecular complexity index is 355. The summed E-state index contributed by atoms with van der Waals surface area (Å²) in [7, 11) is -15.5. The maximum Gasteiger partial charge on any atom is 1.00 e. The Balaban J connectivity index is -0.0000000129. The first kappa shape index (κ1) is 57.8. The van der Waals surface area contributed by atoms with E-state index in [1.165, 1.54) is 0 Å². The minimum absolute atomic E-state index is 0. The Kier molecular flexibility index (Phi) is 62.7. The number of hydrogen-bond donors (Lipinski definition) is 4. The first-order valence-electron chi connectivity index (χ1n) is 2.00. The second-order valence-corrected chi connectivity index (χ2v) is 3.67. The second kappa shape index (κ2) is 22.8. The Morgan fingerprint density at radius 1 is 0.381 bits per heavy atom. The molecule has 0 aliphatic heterocycles. The Labute approximate surface area is 142 Å². The van der Waals surface area contributed by atoms with E-state index < -0.39 is 31.2 Å². The quantitative estimate of drug-likeness (QED) is 0.156. The van der Waals surface area contributed by atoms with E-state index in [4.69, 9.17) is 52.6 Å². The van der Waals surface area contributed by atoms with E-state index in [9.17, 15) is 0 Å². The summed E-state index contributed by atoms with van der Waals surface area (Å²) in [5, 5.41) is 0. The largest absolute Gasteiger partial charge is 1.00 e. The number of rotatable bonds is 0. The summed E-state index contributed by atoms with van der Waals surface area (Å²) in [6.45, 7) is 0. The van der Waals surface area contributed by atoms with Crippen LogP contribution in [0.2, 0.25) is 0 Å². The molecule has 0 aliphatic carbocycles. The molecule has 0 unspecified atom stereocenters. The van der Waals surface area contributed by atoms with Crippen molar-refractivity contribution >= 4 is 31.2 Å². The van der Waals surface area contributed by atoms with Crippen LogP contribution in [0, 0.1) is 0 Å². The predicted molar refractivity (Wildman–Crippen MR) is 55.4 cm³/mol. The van der Waals surface area contributed by atoms with Gasteiger partial charge in [0.2, 0.25) is 0 Å². The summed E-state index contributed by atoms with van der Waals surface area (Å²) in [6, 6.07) is 0. The van der Waals surface area contributed by atoms with Crippen LogP contribution in [0.25, 0.3) is 0 Å². The van der Waals surface area contributed by atoms with E-state index in [0.29, 0.717) is 0 Å². The number of quaternary nitrogens is 4. The van der Waals surface area contributed by atoms with Gasteiger partial charge in [0.05, 0.1) is 0 Å². The van der Waals surface area contributed by atoms with Crippen molar-refractivity contribution in [1.82, 2.24) is 24.6 Å². The van der Waals surface area contributed by atoms with E-state index in [2.05, 4.69) is 0 Å². The van der Waals surface area contributed by atoms with Crippen LogP contribution in [-0.2, 0) is 65.3 Å². The van der Waals surface area contributed by atoms with Crippen LogP contribution >= 0.6 is 0 Å². The summed E-state index contributed by atoms with van der Waals surface area (Å²) >= 11 is 0. The van der Waals surface area contributed by atoms with Gasteiger partial charge < -0.3 is 51.9 Å². The molecule has 21 heavy (non-hydrogen) atoms. The maximum absolute atomic E-state index is 8.52. The average molecular weight is 487 g/mol. The van der Waals surface area contributed by atoms with Gasteiger partial charge in [-0.2, -0.15) is 0 Å². The molecule has 0 aromatic rings. The fourth-order valence-electron chi connectivity index (χ4n) is 0. The molecular formula is H16Cu2N4O12S3. The van der Waals surface area contributed by atoms with Gasteiger partial charge in [-0.3, -0.25) is 25.3 Å². The fraction of sp³-hybridized carbons (Fsp3) is 0. The summed E-state index contributed by atoms with van der Waals surface area (Å²) < 4.78 is 102. The van der Waals surface area contributed by atoms with Crippen LogP contribution in [0.4, 0.5) is 0 Å². The third-order valence-electron chi connectivity index (χ3n) is 0. The van der Waals surface area contributed by atoms with Crippen LogP contribution in [0.1, 0.15) is 0 Å². The molecule has 16 N–H and O–H groups in total. The molecule has 0 saturated carbocycles. The minimum atomic E-state index is -5.17. The molecule has 0 bridgehead atoms. The van der Waals surface area contributed by atoms with Gasteiger partial charge in [0.25, 0.3) is 0 Å². The summed E-state index contributed by atoms with van der Waals surface area (Å²) in [5.74, 6) is 0. The van der Waals surface area contributed by atoms with Crippen molar-refractivity contribution in [2.75, 3.05) is 0 Å². The van der Waals surface area contributed by atoms with Gasteiger partial charge in [0, 0.05) is 31.2 Å². The molecule has 0 saturated heterocycles. The van der Waals surface area contributed by atoms with Crippen molar-refractivity contribution in [1.29, 1.82) is 0 Å². The minimum Gasteiger partial charge on any atom is -0.759 e. The molecule has 0 aromatic carbocycles. The zero-order valence-corrected chi connectivity index (χ0v) is 15.1. The Hall–Kier alpha value is 0.489. The molecule has 148 valence electrons. The van der Waals surface area contributed by atoms with Crippen LogP contribution in [0.5, 0.6) is 0 Å². The average Bonchev–Trinajstić information content (AvgIpc) is 1.41. The monoisotopic (exact) mass is 486 g/mol. The molecule has 0 rings (SSSR count). The van der Waals surface area contributed by atoms with Gasteiger partial charge in [-0.25, -0.2) is 0 Å². The molecule has 0 radical (unpaired) electrons. The topological polar surface area (TPSA) is 387 Å². The third kappa shape index (κ3) is 29300. The first-order chi connectivity index (χ1) is 6.00. The van der Waals surface area contributed by atoms with E-state index >= 15 is 0 Å². The van der Waals surface area contributed by atoms with Crippen molar-refractivity contribution in [3.63, 3.8) is 0 Å². The van der Waals surface area contributed by atoms with Crippen molar-refractivity contribution in [3.8, 4) is 0 Å². The predicted octanol–water partition coefficient (Wildman–Crippen LogP) is -2.51. The van der Waals surface area contributed by atoms with Gasteiger partial charge in [-0.05, 0) is 0 Å². The van der Waals surface area contributed by atoms with Gasteiger partial charge in [-0.15, -0.1) is 0 Å². The third-order valence-corrected chi connectivity index (χ3v) is 0. The van der Waals surface area contributed by atoms with E-state index in [1.54, 1.807) is 0 Å². The van der Waals surface area contributed by atoms with Crippen LogP contribution in [-0.4, -0.2) is 52.6 Å². The Morgan fingerprint density at radius 2 is 0.381 bits per heavy atom. The van der Waals surface area contributed by atoms with Crippen LogP contribution in [0.3, 0.4) is 0 Å². The van der Waals surface area contributed by atoms with Gasteiger partial charge in [0.15, 0.2) is 0 Å². The Morgan fingerprint density at radius 3 is 0.381 bits per heavy atom. The molecule has 0 heterocycles. The fourth-order valence-corrected chi connectivity index (χ4v) is 0. The molecule has 0 spiro atoms. The second-order valence-electron chi connectivity index (χ2n) is 1.22. The molecular weight excluding hydrogens is 471 g/mol. The summed E-state index contributed by atoms with van der Waals surface area (Å²) in [5.41, 5.74) is 0. The molecule has 0 atom stereocenters. The first-order valence-corrected chi connectivity index (χ1v) is 6.00. The van der Waals surface area contributed by atoms with Gasteiger partial charge in [0.1, 0.15) is 0 Å². The van der Waals surface area contributed by atoms with Crippen molar-refractivity contribution in [2.45, 2.75) is 0 Å². The van der Waals surface area contributed by atoms with Crippen LogP contribution < -0.4 is 24.6 Å². The smallest absolute Gasteiger partial charge is 0.759 e. The molecule has 0 amide bonds. The van der Waals surface area contributed by atoms with Crippen molar-refractivity contribution < 1.29 is 86.7 Å². The normalized spacial score (nSPS) is 8.29. The SMILES string of the molecule is O=S(=O)([O-])[O-].O=S(=O)([O-])[O-].O=S(=O)([O-])[O-].[Cu+].[Cu+].[NH4+].[NH4+].[NH4+].[NH4+]. The zero-order valence-electron chi connectivity index (χ0n) is 10.7. The zero-order chi connectivity index (χ0) is 13.5. The summed E-state index contributed by atoms with van der Waals surface area (Å²) in [4.78, 5) is 0. The van der Waals surface area contributed by atoms with Gasteiger partial charge in [-0.1, -0.05) is 0 Å². The molecule has 16 nitrogen and oxygen atoms in total. The molecule has 0 fully saturated rings. The van der Waals surface area contributed by atoms with Crippen molar-refractivity contribution in [2.24, 2.45) is 0 Å². The van der Waals surface area contributed by atoms with E-state index in [0.717, 1.165) is 0 Å². The molecule has 21 heteroatoms. The van der Waals surface area contributed by atoms with Crippen molar-refractivity contribution in [3.05, 3.63) is 0 Å². The van der Waals surface area contributed by atoms with Gasteiger partial charge >= 0.3 is 34.1 Å². The molecule has 0 aliphatic rings. The summed E-state index contributed by atoms with van der Waals surface area (Å²) in [6.07, 6.45) is 0. The van der Waals surface area contributed by atoms with E-state index in [1.807, 2.05) is 0 Å². The standard InChI is InChI=1S/2Cu.4H3N.3H2O4S/c;;;;;;3*1-5(2,3)4/h;;4*1H3;3*(H2,1,2,3,4)/q2*+1;;;;;;;/p-2. The van der Waals surface area contributed by atoms with Crippen LogP contribution in [0.15, 0.2) is 0 Å². The molecule has 0 aromatic heterocycles. The number of hydrogen-bond acceptors (Lipinski definition) is 12. The maximum atomic E-state index is 8.52.